The molecule has 0 aromatic carbocycles. The van der Waals surface area contributed by atoms with E-state index in [-0.39, 0.29) is 11.9 Å². The van der Waals surface area contributed by atoms with E-state index in [0.29, 0.717) is 13.2 Å². The van der Waals surface area contributed by atoms with Gasteiger partial charge in [0.1, 0.15) is 6.04 Å². The fourth-order valence-corrected chi connectivity index (χ4v) is 3.76. The summed E-state index contributed by atoms with van der Waals surface area (Å²) in [5.74, 6) is -0.129. The smallest absolute Gasteiger partial charge is 0.407 e. The van der Waals surface area contributed by atoms with Crippen LogP contribution in [0.2, 0.25) is 0 Å². The Morgan fingerprint density at radius 3 is 1.52 bits per heavy atom. The van der Waals surface area contributed by atoms with Crippen molar-refractivity contribution >= 4 is 12.1 Å². The molecule has 0 aromatic rings. The summed E-state index contributed by atoms with van der Waals surface area (Å²) < 4.78 is 10.6. The molecule has 0 saturated heterocycles. The van der Waals surface area contributed by atoms with Crippen LogP contribution in [-0.2, 0) is 14.3 Å². The lowest BCUT2D eigenvalue weighted by Crippen LogP contribution is -2.50. The minimum atomic E-state index is -0.714. The SMILES string of the molecule is CCCCCCCCCCCCCCCCCOC(=O)C(NC(=O)OCC(C)C)C(C)(C)C. The lowest BCUT2D eigenvalue weighted by Gasteiger charge is -2.29. The Balaban J connectivity index is 3.74. The highest BCUT2D eigenvalue weighted by molar-refractivity contribution is 5.82. The molecule has 0 heterocycles. The summed E-state index contributed by atoms with van der Waals surface area (Å²) in [4.78, 5) is 24.5. The van der Waals surface area contributed by atoms with Crippen LogP contribution < -0.4 is 5.32 Å². The van der Waals surface area contributed by atoms with Gasteiger partial charge in [0.2, 0.25) is 0 Å². The van der Waals surface area contributed by atoms with Gasteiger partial charge in [0.25, 0.3) is 0 Å². The van der Waals surface area contributed by atoms with Gasteiger partial charge in [0, 0.05) is 0 Å². The predicted octanol–water partition coefficient (Wildman–Crippen LogP) is 8.20. The zero-order valence-corrected chi connectivity index (χ0v) is 22.8. The predicted molar refractivity (Wildman–Crippen MR) is 138 cm³/mol. The Labute approximate surface area is 205 Å². The molecule has 0 aliphatic carbocycles. The number of amides is 1. The minimum absolute atomic E-state index is 0.251. The fourth-order valence-electron chi connectivity index (χ4n) is 3.76. The average Bonchev–Trinajstić information content (AvgIpc) is 2.74. The van der Waals surface area contributed by atoms with Crippen LogP contribution in [0.1, 0.15) is 138 Å². The van der Waals surface area contributed by atoms with E-state index in [9.17, 15) is 9.59 Å². The zero-order valence-electron chi connectivity index (χ0n) is 22.8. The van der Waals surface area contributed by atoms with Crippen molar-refractivity contribution in [3.05, 3.63) is 0 Å². The number of carbonyl (C=O) groups excluding carboxylic acids is 2. The number of hydrogen-bond acceptors (Lipinski definition) is 4. The average molecular weight is 470 g/mol. The maximum absolute atomic E-state index is 12.5. The van der Waals surface area contributed by atoms with Gasteiger partial charge in [-0.3, -0.25) is 0 Å². The molecule has 0 spiro atoms. The molecule has 1 atom stereocenters. The normalized spacial score (nSPS) is 12.6. The van der Waals surface area contributed by atoms with Crippen molar-refractivity contribution in [3.8, 4) is 0 Å². The number of carbonyl (C=O) groups is 2. The summed E-state index contributed by atoms with van der Waals surface area (Å²) in [5, 5.41) is 2.68. The van der Waals surface area contributed by atoms with Gasteiger partial charge in [-0.1, -0.05) is 131 Å². The lowest BCUT2D eigenvalue weighted by molar-refractivity contribution is -0.149. The van der Waals surface area contributed by atoms with Crippen molar-refractivity contribution in [3.63, 3.8) is 0 Å². The topological polar surface area (TPSA) is 64.6 Å². The Kier molecular flexibility index (Phi) is 19.4. The molecule has 1 N–H and O–H groups in total. The van der Waals surface area contributed by atoms with Gasteiger partial charge >= 0.3 is 12.1 Å². The Morgan fingerprint density at radius 1 is 0.697 bits per heavy atom. The van der Waals surface area contributed by atoms with Crippen molar-refractivity contribution in [1.29, 1.82) is 0 Å². The molecule has 33 heavy (non-hydrogen) atoms. The van der Waals surface area contributed by atoms with Crippen LogP contribution in [-0.4, -0.2) is 31.3 Å². The van der Waals surface area contributed by atoms with E-state index in [4.69, 9.17) is 9.47 Å². The summed E-state index contributed by atoms with van der Waals surface area (Å²) in [5.41, 5.74) is -0.441. The monoisotopic (exact) mass is 469 g/mol. The fraction of sp³-hybridized carbons (Fsp3) is 0.929. The Bertz CT molecular complexity index is 485. The summed E-state index contributed by atoms with van der Waals surface area (Å²) in [6, 6.07) is -0.714. The molecule has 0 rings (SSSR count). The molecule has 0 bridgehead atoms. The van der Waals surface area contributed by atoms with Crippen molar-refractivity contribution in [2.75, 3.05) is 13.2 Å². The van der Waals surface area contributed by atoms with Crippen molar-refractivity contribution in [2.45, 2.75) is 144 Å². The molecule has 5 heteroatoms. The summed E-state index contributed by atoms with van der Waals surface area (Å²) in [6.07, 6.45) is 19.0. The lowest BCUT2D eigenvalue weighted by atomic mass is 9.87. The number of esters is 1. The van der Waals surface area contributed by atoms with E-state index < -0.39 is 17.6 Å². The molecule has 0 radical (unpaired) electrons. The van der Waals surface area contributed by atoms with Gasteiger partial charge in [0.05, 0.1) is 13.2 Å². The highest BCUT2D eigenvalue weighted by Crippen LogP contribution is 2.21. The third-order valence-electron chi connectivity index (χ3n) is 5.90. The van der Waals surface area contributed by atoms with Crippen LogP contribution in [0, 0.1) is 11.3 Å². The molecule has 1 unspecified atom stereocenters. The van der Waals surface area contributed by atoms with E-state index in [1.807, 2.05) is 34.6 Å². The van der Waals surface area contributed by atoms with Gasteiger partial charge in [0.15, 0.2) is 0 Å². The van der Waals surface area contributed by atoms with Crippen LogP contribution in [0.25, 0.3) is 0 Å². The number of rotatable bonds is 20. The number of ether oxygens (including phenoxy) is 2. The largest absolute Gasteiger partial charge is 0.464 e. The van der Waals surface area contributed by atoms with Gasteiger partial charge in [-0.25, -0.2) is 9.59 Å². The second-order valence-corrected chi connectivity index (χ2v) is 11.1. The third-order valence-corrected chi connectivity index (χ3v) is 5.90. The van der Waals surface area contributed by atoms with Crippen LogP contribution in [0.5, 0.6) is 0 Å². The van der Waals surface area contributed by atoms with Gasteiger partial charge in [-0.2, -0.15) is 0 Å². The first kappa shape index (κ1) is 31.7. The molecular formula is C28H55NO4. The minimum Gasteiger partial charge on any atom is -0.464 e. The quantitative estimate of drug-likeness (QED) is 0.144. The molecule has 0 aromatic heterocycles. The number of alkyl carbamates (subject to hydrolysis) is 1. The first-order valence-electron chi connectivity index (χ1n) is 13.8. The van der Waals surface area contributed by atoms with E-state index in [0.717, 1.165) is 12.8 Å². The van der Waals surface area contributed by atoms with Crippen LogP contribution in [0.15, 0.2) is 0 Å². The van der Waals surface area contributed by atoms with E-state index in [2.05, 4.69) is 12.2 Å². The molecule has 0 aliphatic rings. The first-order valence-corrected chi connectivity index (χ1v) is 13.8. The van der Waals surface area contributed by atoms with Gasteiger partial charge in [-0.15, -0.1) is 0 Å². The zero-order chi connectivity index (χ0) is 25.0. The first-order chi connectivity index (χ1) is 15.7. The van der Waals surface area contributed by atoms with Crippen molar-refractivity contribution < 1.29 is 19.1 Å². The molecule has 1 amide bonds. The summed E-state index contributed by atoms with van der Waals surface area (Å²) in [7, 11) is 0. The summed E-state index contributed by atoms with van der Waals surface area (Å²) >= 11 is 0. The molecule has 5 nitrogen and oxygen atoms in total. The second kappa shape index (κ2) is 20.1. The highest BCUT2D eigenvalue weighted by Gasteiger charge is 2.34. The van der Waals surface area contributed by atoms with Crippen LogP contribution in [0.4, 0.5) is 4.79 Å². The molecule has 0 saturated carbocycles. The van der Waals surface area contributed by atoms with E-state index in [1.165, 1.54) is 83.5 Å². The van der Waals surface area contributed by atoms with E-state index >= 15 is 0 Å². The standard InChI is InChI=1S/C28H55NO4/c1-7-8-9-10-11-12-13-14-15-16-17-18-19-20-21-22-32-26(30)25(28(4,5)6)29-27(31)33-23-24(2)3/h24-25H,7-23H2,1-6H3,(H,29,31). The number of nitrogens with one attached hydrogen (secondary N) is 1. The second-order valence-electron chi connectivity index (χ2n) is 11.1. The van der Waals surface area contributed by atoms with E-state index in [1.54, 1.807) is 0 Å². The summed E-state index contributed by atoms with van der Waals surface area (Å²) in [6.45, 7) is 12.7. The van der Waals surface area contributed by atoms with Crippen LogP contribution in [0.3, 0.4) is 0 Å². The van der Waals surface area contributed by atoms with Crippen molar-refractivity contribution in [2.24, 2.45) is 11.3 Å². The van der Waals surface area contributed by atoms with Gasteiger partial charge in [-0.05, 0) is 17.8 Å². The van der Waals surface area contributed by atoms with Gasteiger partial charge < -0.3 is 14.8 Å². The molecule has 0 aliphatic heterocycles. The van der Waals surface area contributed by atoms with Crippen LogP contribution >= 0.6 is 0 Å². The highest BCUT2D eigenvalue weighted by atomic mass is 16.6. The molecule has 196 valence electrons. The van der Waals surface area contributed by atoms with Crippen molar-refractivity contribution in [1.82, 2.24) is 5.32 Å². The number of unbranched alkanes of at least 4 members (excludes halogenated alkanes) is 14. The molecular weight excluding hydrogens is 414 g/mol. The Hall–Kier alpha value is -1.26. The third kappa shape index (κ3) is 19.9. The maximum Gasteiger partial charge on any atom is 0.407 e. The molecule has 0 fully saturated rings. The maximum atomic E-state index is 12.5. The Morgan fingerprint density at radius 2 is 1.12 bits per heavy atom. The number of hydrogen-bond donors (Lipinski definition) is 1.